The van der Waals surface area contributed by atoms with Gasteiger partial charge >= 0.3 is 0 Å². The highest BCUT2D eigenvalue weighted by atomic mass is 79.9. The van der Waals surface area contributed by atoms with E-state index in [-0.39, 0.29) is 0 Å². The van der Waals surface area contributed by atoms with Crippen LogP contribution >= 0.6 is 15.9 Å². The van der Waals surface area contributed by atoms with Gasteiger partial charge in [0.1, 0.15) is 0 Å². The van der Waals surface area contributed by atoms with Gasteiger partial charge in [0.15, 0.2) is 5.96 Å². The molecule has 2 N–H and O–H groups in total. The van der Waals surface area contributed by atoms with Gasteiger partial charge in [-0.1, -0.05) is 22.0 Å². The van der Waals surface area contributed by atoms with Gasteiger partial charge in [0.2, 0.25) is 5.88 Å². The van der Waals surface area contributed by atoms with Gasteiger partial charge in [0, 0.05) is 54.6 Å². The monoisotopic (exact) mass is 431 g/mol. The molecule has 144 valence electrons. The summed E-state index contributed by atoms with van der Waals surface area (Å²) in [5, 5.41) is 6.89. The molecule has 3 rings (SSSR count). The van der Waals surface area contributed by atoms with Gasteiger partial charge in [-0.15, -0.1) is 0 Å². The lowest BCUT2D eigenvalue weighted by Gasteiger charge is -2.20. The summed E-state index contributed by atoms with van der Waals surface area (Å²) in [6.07, 6.45) is 2.82. The Labute approximate surface area is 169 Å². The molecule has 2 aromatic rings. The molecule has 6 nitrogen and oxygen atoms in total. The van der Waals surface area contributed by atoms with Crippen LogP contribution in [0.5, 0.6) is 5.88 Å². The van der Waals surface area contributed by atoms with Crippen LogP contribution in [-0.4, -0.2) is 43.7 Å². The first-order valence-corrected chi connectivity index (χ1v) is 10.0. The van der Waals surface area contributed by atoms with Crippen molar-refractivity contribution in [3.8, 4) is 5.88 Å². The maximum atomic E-state index is 5.59. The molecule has 0 bridgehead atoms. The fraction of sp³-hybridized carbons (Fsp3) is 0.400. The molecule has 0 amide bonds. The molecule has 1 aliphatic rings. The van der Waals surface area contributed by atoms with E-state index in [2.05, 4.69) is 65.7 Å². The number of aliphatic imine (C=N–C) groups is 1. The van der Waals surface area contributed by atoms with E-state index in [0.29, 0.717) is 25.1 Å². The first-order valence-electron chi connectivity index (χ1n) is 9.24. The first-order chi connectivity index (χ1) is 13.2. The minimum absolute atomic E-state index is 0.361. The molecule has 0 saturated carbocycles. The first kappa shape index (κ1) is 19.5. The molecule has 1 unspecified atom stereocenters. The number of rotatable bonds is 6. The fourth-order valence-corrected chi connectivity index (χ4v) is 3.42. The number of pyridine rings is 1. The third-order valence-electron chi connectivity index (χ3n) is 4.52. The Hall–Kier alpha value is -2.28. The Kier molecular flexibility index (Phi) is 6.92. The third-order valence-corrected chi connectivity index (χ3v) is 5.05. The van der Waals surface area contributed by atoms with Gasteiger partial charge in [-0.3, -0.25) is 4.99 Å². The standard InChI is InChI=1S/C20H26BrN5O/c1-3-27-19-15(5-4-11-23-19)13-24-20(22-2)25-17-10-12-26(14-17)18-8-6-16(21)7-9-18/h4-9,11,17H,3,10,12-14H2,1-2H3,(H2,22,24,25). The zero-order valence-electron chi connectivity index (χ0n) is 15.8. The Bertz CT molecular complexity index is 765. The van der Waals surface area contributed by atoms with E-state index in [9.17, 15) is 0 Å². The van der Waals surface area contributed by atoms with Crippen molar-refractivity contribution in [3.05, 3.63) is 52.6 Å². The number of nitrogens with one attached hydrogen (secondary N) is 2. The third kappa shape index (κ3) is 5.35. The lowest BCUT2D eigenvalue weighted by Crippen LogP contribution is -2.44. The quantitative estimate of drug-likeness (QED) is 0.543. The molecule has 2 heterocycles. The van der Waals surface area contributed by atoms with Crippen LogP contribution in [-0.2, 0) is 6.54 Å². The number of anilines is 1. The SMILES string of the molecule is CCOc1ncccc1CNC(=NC)NC1CCN(c2ccc(Br)cc2)C1. The number of aromatic nitrogens is 1. The van der Waals surface area contributed by atoms with Gasteiger partial charge in [-0.2, -0.15) is 0 Å². The molecule has 1 aromatic carbocycles. The summed E-state index contributed by atoms with van der Waals surface area (Å²) in [6.45, 7) is 5.17. The van der Waals surface area contributed by atoms with Gasteiger partial charge in [-0.25, -0.2) is 4.98 Å². The number of hydrogen-bond acceptors (Lipinski definition) is 4. The number of nitrogens with zero attached hydrogens (tertiary/aromatic N) is 3. The van der Waals surface area contributed by atoms with E-state index in [1.165, 1.54) is 5.69 Å². The minimum Gasteiger partial charge on any atom is -0.478 e. The largest absolute Gasteiger partial charge is 0.478 e. The van der Waals surface area contributed by atoms with Gasteiger partial charge in [0.25, 0.3) is 0 Å². The van der Waals surface area contributed by atoms with Gasteiger partial charge in [0.05, 0.1) is 6.61 Å². The average Bonchev–Trinajstić information content (AvgIpc) is 3.15. The van der Waals surface area contributed by atoms with Gasteiger partial charge < -0.3 is 20.3 Å². The minimum atomic E-state index is 0.361. The van der Waals surface area contributed by atoms with Crippen LogP contribution in [0.25, 0.3) is 0 Å². The van der Waals surface area contributed by atoms with Gasteiger partial charge in [-0.05, 0) is 43.7 Å². The second kappa shape index (κ2) is 9.60. The summed E-state index contributed by atoms with van der Waals surface area (Å²) in [5.41, 5.74) is 2.27. The van der Waals surface area contributed by atoms with Crippen molar-refractivity contribution in [2.45, 2.75) is 25.9 Å². The van der Waals surface area contributed by atoms with E-state index in [0.717, 1.165) is 35.5 Å². The number of guanidine groups is 1. The Balaban J connectivity index is 1.53. The molecule has 1 aliphatic heterocycles. The molecular formula is C20H26BrN5O. The molecule has 0 spiro atoms. The summed E-state index contributed by atoms with van der Waals surface area (Å²) >= 11 is 3.49. The predicted octanol–water partition coefficient (Wildman–Crippen LogP) is 3.19. The van der Waals surface area contributed by atoms with Crippen molar-refractivity contribution in [2.75, 3.05) is 31.6 Å². The average molecular weight is 432 g/mol. The highest BCUT2D eigenvalue weighted by Crippen LogP contribution is 2.22. The molecule has 1 saturated heterocycles. The second-order valence-electron chi connectivity index (χ2n) is 6.38. The topological polar surface area (TPSA) is 61.8 Å². The Morgan fingerprint density at radius 2 is 2.15 bits per heavy atom. The number of ether oxygens (including phenoxy) is 1. The fourth-order valence-electron chi connectivity index (χ4n) is 3.16. The molecule has 1 atom stereocenters. The normalized spacial score (nSPS) is 17.1. The summed E-state index contributed by atoms with van der Waals surface area (Å²) in [6, 6.07) is 12.8. The van der Waals surface area contributed by atoms with E-state index >= 15 is 0 Å². The van der Waals surface area contributed by atoms with E-state index in [1.54, 1.807) is 13.2 Å². The lowest BCUT2D eigenvalue weighted by molar-refractivity contribution is 0.322. The smallest absolute Gasteiger partial charge is 0.218 e. The van der Waals surface area contributed by atoms with Crippen LogP contribution < -0.4 is 20.3 Å². The molecule has 7 heteroatoms. The highest BCUT2D eigenvalue weighted by Gasteiger charge is 2.23. The zero-order chi connectivity index (χ0) is 19.1. The number of halogens is 1. The van der Waals surface area contributed by atoms with Crippen LogP contribution in [0.4, 0.5) is 5.69 Å². The molecule has 1 aromatic heterocycles. The Morgan fingerprint density at radius 3 is 2.89 bits per heavy atom. The van der Waals surface area contributed by atoms with E-state index < -0.39 is 0 Å². The van der Waals surface area contributed by atoms with E-state index in [4.69, 9.17) is 4.74 Å². The summed E-state index contributed by atoms with van der Waals surface area (Å²) < 4.78 is 6.69. The second-order valence-corrected chi connectivity index (χ2v) is 7.29. The molecule has 1 fully saturated rings. The molecular weight excluding hydrogens is 406 g/mol. The molecule has 27 heavy (non-hydrogen) atoms. The van der Waals surface area contributed by atoms with Crippen LogP contribution in [0, 0.1) is 0 Å². The summed E-state index contributed by atoms with van der Waals surface area (Å²) in [7, 11) is 1.80. The molecule has 0 aliphatic carbocycles. The predicted molar refractivity (Wildman–Crippen MR) is 114 cm³/mol. The van der Waals surface area contributed by atoms with Crippen molar-refractivity contribution in [1.29, 1.82) is 0 Å². The Morgan fingerprint density at radius 1 is 1.33 bits per heavy atom. The van der Waals surface area contributed by atoms with Crippen LogP contribution in [0.3, 0.4) is 0 Å². The van der Waals surface area contributed by atoms with Crippen molar-refractivity contribution in [3.63, 3.8) is 0 Å². The maximum absolute atomic E-state index is 5.59. The van der Waals surface area contributed by atoms with Crippen molar-refractivity contribution in [1.82, 2.24) is 15.6 Å². The van der Waals surface area contributed by atoms with Crippen LogP contribution in [0.1, 0.15) is 18.9 Å². The van der Waals surface area contributed by atoms with Crippen molar-refractivity contribution in [2.24, 2.45) is 4.99 Å². The number of hydrogen-bond donors (Lipinski definition) is 2. The van der Waals surface area contributed by atoms with Crippen LogP contribution in [0.2, 0.25) is 0 Å². The van der Waals surface area contributed by atoms with Crippen molar-refractivity contribution >= 4 is 27.6 Å². The number of benzene rings is 1. The highest BCUT2D eigenvalue weighted by molar-refractivity contribution is 9.10. The van der Waals surface area contributed by atoms with Crippen LogP contribution in [0.15, 0.2) is 52.1 Å². The zero-order valence-corrected chi connectivity index (χ0v) is 17.4. The summed E-state index contributed by atoms with van der Waals surface area (Å²) in [4.78, 5) is 11.0. The lowest BCUT2D eigenvalue weighted by atomic mass is 10.2. The summed E-state index contributed by atoms with van der Waals surface area (Å²) in [5.74, 6) is 1.47. The van der Waals surface area contributed by atoms with E-state index in [1.807, 2.05) is 19.1 Å². The molecule has 0 radical (unpaired) electrons. The maximum Gasteiger partial charge on any atom is 0.218 e. The van der Waals surface area contributed by atoms with Crippen molar-refractivity contribution < 1.29 is 4.74 Å².